The van der Waals surface area contributed by atoms with Crippen LogP contribution in [-0.2, 0) is 50.4 Å². The molecule has 0 spiro atoms. The highest BCUT2D eigenvalue weighted by Crippen LogP contribution is 2.25. The van der Waals surface area contributed by atoms with Gasteiger partial charge in [-0.3, -0.25) is 0 Å². The van der Waals surface area contributed by atoms with Gasteiger partial charge in [0.1, 0.15) is 0 Å². The Morgan fingerprint density at radius 3 is 0.902 bits per heavy atom. The molecule has 0 N–H and O–H groups in total. The summed E-state index contributed by atoms with van der Waals surface area (Å²) < 4.78 is 0. The van der Waals surface area contributed by atoms with E-state index in [0.717, 1.165) is 48.3 Å². The standard InChI is InChI=1S/2C16H18.C14H22.3C12H18.C10H14/c1-13(2)11-14-7-6-10-16(12-14)15-8-4-3-5-9-15;1-13(2)12-14-8-10-16(11-9-14)15-6-4-3-5-7-15;1-11(2)10-12-6-8-13(9-7-12)14(3,4)5;2*1-9(2)7-12-6-5-10(3)11(4)8-12;1-9(2)7-12-8-10(3)5-6-11(12)4;1-9(2)8-10-6-4-3-5-7-10/h3-10,12-13H,11H2,1-2H3;3-11,13H,12H2,1-2H3;6-9,11H,10H2,1-5H3;3*5-6,8-9H,7H2,1-4H3;3-7,9H,8H2,1-2H3. The van der Waals surface area contributed by atoms with Gasteiger partial charge in [-0.05, 0) is 228 Å². The summed E-state index contributed by atoms with van der Waals surface area (Å²) in [6.07, 6.45) is 8.29. The third-order valence-electron chi connectivity index (χ3n) is 15.9. The second-order valence-corrected chi connectivity index (χ2v) is 30.0. The topological polar surface area (TPSA) is 0 Å². The quantitative estimate of drug-likeness (QED) is 0.0904. The van der Waals surface area contributed by atoms with E-state index in [1.807, 2.05) is 0 Å². The molecule has 0 amide bonds. The summed E-state index contributed by atoms with van der Waals surface area (Å²) in [5.74, 6) is 5.22. The van der Waals surface area contributed by atoms with Crippen molar-refractivity contribution in [3.63, 3.8) is 0 Å². The lowest BCUT2D eigenvalue weighted by atomic mass is 9.86. The summed E-state index contributed by atoms with van der Waals surface area (Å²) in [5.41, 5.74) is 25.5. The molecule has 0 heterocycles. The fourth-order valence-electron chi connectivity index (χ4n) is 10.9. The van der Waals surface area contributed by atoms with Crippen LogP contribution in [-0.4, -0.2) is 0 Å². The Morgan fingerprint density at radius 2 is 0.522 bits per heavy atom. The average Bonchev–Trinajstić information content (AvgIpc) is 1.49. The minimum Gasteiger partial charge on any atom is -0.0625 e. The zero-order chi connectivity index (χ0) is 68.3. The van der Waals surface area contributed by atoms with E-state index in [2.05, 4.69) is 378 Å². The highest BCUT2D eigenvalue weighted by molar-refractivity contribution is 5.64. The summed E-state index contributed by atoms with van der Waals surface area (Å²) in [5, 5.41) is 0. The van der Waals surface area contributed by atoms with Crippen molar-refractivity contribution in [1.29, 1.82) is 0 Å². The van der Waals surface area contributed by atoms with Gasteiger partial charge in [0.2, 0.25) is 0 Å². The van der Waals surface area contributed by atoms with Crippen LogP contribution >= 0.6 is 0 Å². The van der Waals surface area contributed by atoms with Crippen molar-refractivity contribution in [2.24, 2.45) is 41.4 Å². The summed E-state index contributed by atoms with van der Waals surface area (Å²) in [4.78, 5) is 0. The largest absolute Gasteiger partial charge is 0.0625 e. The van der Waals surface area contributed by atoms with Crippen LogP contribution in [0.1, 0.15) is 196 Å². The molecule has 0 aliphatic rings. The van der Waals surface area contributed by atoms with Crippen LogP contribution in [0.15, 0.2) is 218 Å². The number of rotatable bonds is 16. The molecule has 0 bridgehead atoms. The molecule has 0 fully saturated rings. The first-order valence-corrected chi connectivity index (χ1v) is 35.1. The Bertz CT molecular complexity index is 3300. The molecule has 0 aliphatic heterocycles. The molecule has 0 atom stereocenters. The van der Waals surface area contributed by atoms with Crippen molar-refractivity contribution in [2.75, 3.05) is 0 Å². The van der Waals surface area contributed by atoms with Crippen molar-refractivity contribution >= 4 is 0 Å². The molecule has 0 aliphatic carbocycles. The van der Waals surface area contributed by atoms with Crippen LogP contribution in [0.2, 0.25) is 0 Å². The van der Waals surface area contributed by atoms with Crippen molar-refractivity contribution < 1.29 is 0 Å². The van der Waals surface area contributed by atoms with E-state index in [9.17, 15) is 0 Å². The number of hydrogen-bond donors (Lipinski definition) is 0. The highest BCUT2D eigenvalue weighted by Gasteiger charge is 2.13. The first-order valence-electron chi connectivity index (χ1n) is 35.1. The molecule has 0 aromatic heterocycles. The molecule has 494 valence electrons. The number of hydrogen-bond acceptors (Lipinski definition) is 0. The van der Waals surface area contributed by atoms with E-state index >= 15 is 0 Å². The number of aryl methyl sites for hydroxylation is 6. The van der Waals surface area contributed by atoms with Gasteiger partial charge in [-0.1, -0.05) is 342 Å². The van der Waals surface area contributed by atoms with Crippen LogP contribution in [0, 0.1) is 83.0 Å². The molecule has 0 radical (unpaired) electrons. The van der Waals surface area contributed by atoms with Crippen LogP contribution in [0.3, 0.4) is 0 Å². The van der Waals surface area contributed by atoms with Crippen LogP contribution in [0.4, 0.5) is 0 Å². The molecule has 0 saturated carbocycles. The van der Waals surface area contributed by atoms with E-state index in [1.54, 1.807) is 0 Å². The average molecular weight is 1230 g/mol. The van der Waals surface area contributed by atoms with E-state index < -0.39 is 0 Å². The second-order valence-electron chi connectivity index (χ2n) is 30.0. The molecule has 9 rings (SSSR count). The normalized spacial score (nSPS) is 10.9. The Balaban J connectivity index is 0.000000282. The predicted molar refractivity (Wildman–Crippen MR) is 413 cm³/mol. The second kappa shape index (κ2) is 42.3. The molecule has 9 aromatic rings. The van der Waals surface area contributed by atoms with E-state index in [4.69, 9.17) is 0 Å². The lowest BCUT2D eigenvalue weighted by Crippen LogP contribution is -2.10. The summed E-state index contributed by atoms with van der Waals surface area (Å²) in [6.45, 7) is 51.4. The van der Waals surface area contributed by atoms with Gasteiger partial charge in [-0.25, -0.2) is 0 Å². The number of benzene rings is 9. The van der Waals surface area contributed by atoms with Gasteiger partial charge in [0.15, 0.2) is 0 Å². The van der Waals surface area contributed by atoms with Gasteiger partial charge in [-0.2, -0.15) is 0 Å². The van der Waals surface area contributed by atoms with E-state index in [0.29, 0.717) is 5.92 Å². The monoisotopic (exact) mass is 1230 g/mol. The van der Waals surface area contributed by atoms with Gasteiger partial charge >= 0.3 is 0 Å². The van der Waals surface area contributed by atoms with E-state index in [1.165, 1.54) is 132 Å². The van der Waals surface area contributed by atoms with Crippen LogP contribution < -0.4 is 0 Å². The van der Waals surface area contributed by atoms with Crippen molar-refractivity contribution in [2.45, 2.75) is 210 Å². The zero-order valence-electron chi connectivity index (χ0n) is 62.3. The van der Waals surface area contributed by atoms with E-state index in [-0.39, 0.29) is 5.41 Å². The maximum absolute atomic E-state index is 2.30. The zero-order valence-corrected chi connectivity index (χ0v) is 62.3. The van der Waals surface area contributed by atoms with Crippen LogP contribution in [0.5, 0.6) is 0 Å². The minimum absolute atomic E-state index is 0.274. The molecule has 0 heteroatoms. The summed E-state index contributed by atoms with van der Waals surface area (Å²) in [7, 11) is 0. The van der Waals surface area contributed by atoms with Crippen molar-refractivity contribution in [1.82, 2.24) is 0 Å². The van der Waals surface area contributed by atoms with Crippen molar-refractivity contribution in [3.8, 4) is 22.3 Å². The maximum Gasteiger partial charge on any atom is -0.0132 e. The first kappa shape index (κ1) is 79.2. The fourth-order valence-corrected chi connectivity index (χ4v) is 10.9. The Kier molecular flexibility index (Phi) is 36.4. The molecule has 9 aromatic carbocycles. The smallest absolute Gasteiger partial charge is 0.0132 e. The Morgan fingerprint density at radius 1 is 0.228 bits per heavy atom. The van der Waals surface area contributed by atoms with Gasteiger partial charge < -0.3 is 0 Å². The molecular weight excluding hydrogens is 1110 g/mol. The Hall–Kier alpha value is -7.02. The fraction of sp³-hybridized carbons (Fsp3) is 0.413. The van der Waals surface area contributed by atoms with Gasteiger partial charge in [-0.15, -0.1) is 0 Å². The summed E-state index contributed by atoms with van der Waals surface area (Å²) in [6, 6.07) is 78.7. The molecule has 0 unspecified atom stereocenters. The molecule has 0 nitrogen and oxygen atoms in total. The maximum atomic E-state index is 2.30. The lowest BCUT2D eigenvalue weighted by molar-refractivity contribution is 0.589. The SMILES string of the molecule is CC(C)Cc1ccc(-c2ccccc2)cc1.CC(C)Cc1ccc(C(C)(C)C)cc1.CC(C)Cc1cccc(-c2ccccc2)c1.CC(C)Cc1ccccc1.Cc1ccc(C)c(CC(C)C)c1.Cc1ccc(CC(C)C)cc1C.Cc1ccc(CC(C)C)cc1C. The third kappa shape index (κ3) is 34.0. The predicted octanol–water partition coefficient (Wildman–Crippen LogP) is 26.7. The van der Waals surface area contributed by atoms with Gasteiger partial charge in [0.25, 0.3) is 0 Å². The lowest BCUT2D eigenvalue weighted by Gasteiger charge is -2.19. The first-order chi connectivity index (χ1) is 43.5. The Labute approximate surface area is 566 Å². The highest BCUT2D eigenvalue weighted by atomic mass is 14.2. The summed E-state index contributed by atoms with van der Waals surface area (Å²) >= 11 is 0. The minimum atomic E-state index is 0.274. The third-order valence-corrected chi connectivity index (χ3v) is 15.9. The van der Waals surface area contributed by atoms with Crippen molar-refractivity contribution in [3.05, 3.63) is 296 Å². The van der Waals surface area contributed by atoms with Gasteiger partial charge in [0.05, 0.1) is 0 Å². The molecule has 92 heavy (non-hydrogen) atoms. The van der Waals surface area contributed by atoms with Crippen LogP contribution in [0.25, 0.3) is 22.3 Å². The molecule has 0 saturated heterocycles. The van der Waals surface area contributed by atoms with Gasteiger partial charge in [0, 0.05) is 0 Å². The molecular formula is C92H126.